The summed E-state index contributed by atoms with van der Waals surface area (Å²) in [5.41, 5.74) is 6.99. The first kappa shape index (κ1) is 17.1. The van der Waals surface area contributed by atoms with Gasteiger partial charge in [-0.1, -0.05) is 69.1 Å². The molecule has 0 aliphatic rings. The van der Waals surface area contributed by atoms with Gasteiger partial charge in [-0.25, -0.2) is 8.42 Å². The van der Waals surface area contributed by atoms with Crippen LogP contribution in [0.3, 0.4) is 0 Å². The van der Waals surface area contributed by atoms with Crippen molar-refractivity contribution in [3.63, 3.8) is 0 Å². The molecular weight excluding hydrogens is 290 g/mol. The Hall–Kier alpha value is -0.940. The Morgan fingerprint density at radius 2 is 1.80 bits per heavy atom. The molecule has 112 valence electrons. The summed E-state index contributed by atoms with van der Waals surface area (Å²) in [6, 6.07) is 7.18. The van der Waals surface area contributed by atoms with Crippen LogP contribution < -0.4 is 5.73 Å². The van der Waals surface area contributed by atoms with Crippen LogP contribution in [-0.2, 0) is 15.6 Å². The summed E-state index contributed by atoms with van der Waals surface area (Å²) in [5, 5.41) is 0. The predicted octanol–water partition coefficient (Wildman–Crippen LogP) is 3.21. The van der Waals surface area contributed by atoms with Crippen molar-refractivity contribution in [2.75, 3.05) is 5.75 Å². The molecule has 1 rings (SSSR count). The second kappa shape index (κ2) is 8.37. The molecule has 0 heterocycles. The highest BCUT2D eigenvalue weighted by Crippen LogP contribution is 2.14. The molecule has 0 aromatic heterocycles. The van der Waals surface area contributed by atoms with Gasteiger partial charge in [-0.05, 0) is 12.0 Å². The normalized spacial score (nSPS) is 11.4. The summed E-state index contributed by atoms with van der Waals surface area (Å²) in [7, 11) is -3.09. The number of nitrogens with two attached hydrogens (primary N) is 1. The van der Waals surface area contributed by atoms with E-state index in [-0.39, 0.29) is 16.5 Å². The third-order valence-corrected chi connectivity index (χ3v) is 5.10. The van der Waals surface area contributed by atoms with E-state index in [2.05, 4.69) is 6.92 Å². The molecule has 3 nitrogen and oxygen atoms in total. The van der Waals surface area contributed by atoms with Crippen molar-refractivity contribution in [3.05, 3.63) is 35.4 Å². The monoisotopic (exact) mass is 313 g/mol. The van der Waals surface area contributed by atoms with Gasteiger partial charge in [-0.2, -0.15) is 0 Å². The summed E-state index contributed by atoms with van der Waals surface area (Å²) >= 11 is 4.96. The van der Waals surface area contributed by atoms with Gasteiger partial charge < -0.3 is 5.73 Å². The lowest BCUT2D eigenvalue weighted by Gasteiger charge is -2.09. The summed E-state index contributed by atoms with van der Waals surface area (Å²) in [4.78, 5) is 0.249. The summed E-state index contributed by atoms with van der Waals surface area (Å²) in [5.74, 6) is 0.261. The van der Waals surface area contributed by atoms with E-state index in [9.17, 15) is 8.42 Å². The lowest BCUT2D eigenvalue weighted by atomic mass is 10.1. The van der Waals surface area contributed by atoms with Crippen LogP contribution in [0.15, 0.2) is 24.3 Å². The minimum Gasteiger partial charge on any atom is -0.389 e. The average molecular weight is 313 g/mol. The predicted molar refractivity (Wildman–Crippen MR) is 88.6 cm³/mol. The Bertz CT molecular complexity index is 539. The standard InChI is InChI=1S/C15H23NO2S2/c1-2-3-4-5-8-11-20(17,18)12-13-9-6-7-10-14(13)15(16)19/h6-7,9-10H,2-5,8,11-12H2,1H3,(H2,16,19). The fourth-order valence-corrected chi connectivity index (χ4v) is 3.83. The number of hydrogen-bond acceptors (Lipinski definition) is 3. The number of sulfone groups is 1. The molecule has 20 heavy (non-hydrogen) atoms. The molecule has 0 atom stereocenters. The minimum atomic E-state index is -3.09. The number of benzene rings is 1. The maximum Gasteiger partial charge on any atom is 0.154 e. The van der Waals surface area contributed by atoms with E-state index in [0.717, 1.165) is 25.7 Å². The van der Waals surface area contributed by atoms with E-state index >= 15 is 0 Å². The third-order valence-electron chi connectivity index (χ3n) is 3.22. The first-order valence-corrected chi connectivity index (χ1v) is 9.27. The maximum absolute atomic E-state index is 12.1. The van der Waals surface area contributed by atoms with Crippen LogP contribution in [0.2, 0.25) is 0 Å². The van der Waals surface area contributed by atoms with Gasteiger partial charge in [0, 0.05) is 5.56 Å². The van der Waals surface area contributed by atoms with E-state index in [1.807, 2.05) is 12.1 Å². The molecule has 5 heteroatoms. The average Bonchev–Trinajstić information content (AvgIpc) is 2.38. The lowest BCUT2D eigenvalue weighted by molar-refractivity contribution is 0.586. The van der Waals surface area contributed by atoms with Crippen molar-refractivity contribution < 1.29 is 8.42 Å². The van der Waals surface area contributed by atoms with Crippen LogP contribution in [0, 0.1) is 0 Å². The molecule has 0 radical (unpaired) electrons. The smallest absolute Gasteiger partial charge is 0.154 e. The second-order valence-corrected chi connectivity index (χ2v) is 7.65. The quantitative estimate of drug-likeness (QED) is 0.562. The zero-order valence-corrected chi connectivity index (χ0v) is 13.6. The van der Waals surface area contributed by atoms with E-state index in [1.165, 1.54) is 6.42 Å². The highest BCUT2D eigenvalue weighted by Gasteiger charge is 2.15. The summed E-state index contributed by atoms with van der Waals surface area (Å²) in [6.07, 6.45) is 5.15. The number of unbranched alkanes of at least 4 members (excludes halogenated alkanes) is 4. The summed E-state index contributed by atoms with van der Waals surface area (Å²) in [6.45, 7) is 2.14. The molecule has 0 spiro atoms. The van der Waals surface area contributed by atoms with E-state index in [1.54, 1.807) is 12.1 Å². The molecule has 0 unspecified atom stereocenters. The van der Waals surface area contributed by atoms with Crippen molar-refractivity contribution in [1.29, 1.82) is 0 Å². The molecule has 0 amide bonds. The van der Waals surface area contributed by atoms with Crippen LogP contribution in [0.25, 0.3) is 0 Å². The molecule has 0 saturated carbocycles. The van der Waals surface area contributed by atoms with Crippen LogP contribution in [0.5, 0.6) is 0 Å². The van der Waals surface area contributed by atoms with E-state index in [4.69, 9.17) is 18.0 Å². The fourth-order valence-electron chi connectivity index (χ4n) is 2.12. The van der Waals surface area contributed by atoms with Gasteiger partial charge in [-0.15, -0.1) is 0 Å². The number of hydrogen-bond donors (Lipinski definition) is 1. The fraction of sp³-hybridized carbons (Fsp3) is 0.533. The zero-order valence-electron chi connectivity index (χ0n) is 12.0. The second-order valence-electron chi connectivity index (χ2n) is 5.03. The van der Waals surface area contributed by atoms with Gasteiger partial charge >= 0.3 is 0 Å². The molecule has 0 aliphatic carbocycles. The first-order valence-electron chi connectivity index (χ1n) is 7.04. The first-order chi connectivity index (χ1) is 9.46. The number of thiocarbonyl (C=S) groups is 1. The van der Waals surface area contributed by atoms with Gasteiger partial charge in [0.2, 0.25) is 0 Å². The van der Waals surface area contributed by atoms with Crippen molar-refractivity contribution in [3.8, 4) is 0 Å². The van der Waals surface area contributed by atoms with Gasteiger partial charge in [0.05, 0.1) is 11.5 Å². The molecule has 0 bridgehead atoms. The molecule has 0 fully saturated rings. The number of rotatable bonds is 9. The lowest BCUT2D eigenvalue weighted by Crippen LogP contribution is -2.16. The molecule has 0 saturated heterocycles. The SMILES string of the molecule is CCCCCCCS(=O)(=O)Cc1ccccc1C(N)=S. The maximum atomic E-state index is 12.1. The van der Waals surface area contributed by atoms with Gasteiger partial charge in [-0.3, -0.25) is 0 Å². The van der Waals surface area contributed by atoms with Crippen molar-refractivity contribution in [2.24, 2.45) is 5.73 Å². The Kier molecular flexibility index (Phi) is 7.16. The van der Waals surface area contributed by atoms with Crippen molar-refractivity contribution in [2.45, 2.75) is 44.8 Å². The Balaban J connectivity index is 2.60. The Labute approximate surface area is 127 Å². The van der Waals surface area contributed by atoms with Crippen molar-refractivity contribution >= 4 is 27.0 Å². The van der Waals surface area contributed by atoms with Crippen molar-refractivity contribution in [1.82, 2.24) is 0 Å². The van der Waals surface area contributed by atoms with Gasteiger partial charge in [0.1, 0.15) is 4.99 Å². The Morgan fingerprint density at radius 3 is 2.45 bits per heavy atom. The zero-order chi connectivity index (χ0) is 15.0. The van der Waals surface area contributed by atoms with Crippen LogP contribution in [0.1, 0.15) is 50.2 Å². The van der Waals surface area contributed by atoms with E-state index < -0.39 is 9.84 Å². The van der Waals surface area contributed by atoms with Crippen LogP contribution in [-0.4, -0.2) is 19.2 Å². The largest absolute Gasteiger partial charge is 0.389 e. The molecule has 1 aromatic rings. The highest BCUT2D eigenvalue weighted by atomic mass is 32.2. The molecule has 2 N–H and O–H groups in total. The highest BCUT2D eigenvalue weighted by molar-refractivity contribution is 7.90. The van der Waals surface area contributed by atoms with E-state index in [0.29, 0.717) is 11.1 Å². The topological polar surface area (TPSA) is 60.2 Å². The van der Waals surface area contributed by atoms with Gasteiger partial charge in [0.25, 0.3) is 0 Å². The molecular formula is C15H23NO2S2. The summed E-state index contributed by atoms with van der Waals surface area (Å²) < 4.78 is 24.2. The molecule has 0 aliphatic heterocycles. The third kappa shape index (κ3) is 6.01. The minimum absolute atomic E-state index is 0.0221. The van der Waals surface area contributed by atoms with Crippen LogP contribution >= 0.6 is 12.2 Å². The van der Waals surface area contributed by atoms with Gasteiger partial charge in [0.15, 0.2) is 9.84 Å². The Morgan fingerprint density at radius 1 is 1.15 bits per heavy atom. The molecule has 1 aromatic carbocycles. The van der Waals surface area contributed by atoms with Crippen LogP contribution in [0.4, 0.5) is 0 Å².